The van der Waals surface area contributed by atoms with Crippen molar-refractivity contribution in [2.75, 3.05) is 0 Å². The van der Waals surface area contributed by atoms with Crippen molar-refractivity contribution in [3.63, 3.8) is 0 Å². The van der Waals surface area contributed by atoms with Crippen molar-refractivity contribution in [3.8, 4) is 0 Å². The number of hydrogen-bond donors (Lipinski definition) is 3. The third-order valence-electron chi connectivity index (χ3n) is 4.05. The number of carbonyl (C=O) groups is 1. The molecule has 0 atom stereocenters. The molecule has 2 aromatic heterocycles. The zero-order valence-electron chi connectivity index (χ0n) is 14.5. The van der Waals surface area contributed by atoms with Crippen molar-refractivity contribution in [1.82, 2.24) is 20.6 Å². The molecule has 1 amide bonds. The lowest BCUT2D eigenvalue weighted by Gasteiger charge is -2.05. The largest absolute Gasteiger partial charge is 0.352 e. The lowest BCUT2D eigenvalue weighted by atomic mass is 10.1. The van der Waals surface area contributed by atoms with E-state index in [0.717, 1.165) is 22.2 Å². The average Bonchev–Trinajstić information content (AvgIpc) is 3.19. The number of nitrogens with one attached hydrogen (secondary N) is 3. The van der Waals surface area contributed by atoms with E-state index in [9.17, 15) is 4.79 Å². The Labute approximate surface area is 169 Å². The Morgan fingerprint density at radius 1 is 1.15 bits per heavy atom. The van der Waals surface area contributed by atoms with Crippen LogP contribution in [0.25, 0.3) is 17.1 Å². The molecule has 0 saturated carbocycles. The smallest absolute Gasteiger partial charge is 0.276 e. The number of nitrogens with zero attached hydrogens (tertiary/aromatic N) is 2. The number of carbonyl (C=O) groups excluding carboxylic acids is 1. The van der Waals surface area contributed by atoms with E-state index in [1.165, 1.54) is 5.56 Å². The predicted molar refractivity (Wildman–Crippen MR) is 112 cm³/mol. The summed E-state index contributed by atoms with van der Waals surface area (Å²) in [5.41, 5.74) is 4.39. The normalized spacial score (nSPS) is 14.3. The number of hydrogen-bond acceptors (Lipinski definition) is 4. The fraction of sp³-hybridized carbons (Fsp3) is 0.105. The first-order chi connectivity index (χ1) is 12.2. The lowest BCUT2D eigenvalue weighted by Crippen LogP contribution is -2.35. The Balaban J connectivity index is 0.00000131. The number of benzene rings is 1. The molecule has 1 aliphatic heterocycles. The fourth-order valence-electron chi connectivity index (χ4n) is 2.69. The number of rotatable bonds is 3. The number of aromatic nitrogens is 2. The molecular formula is C19H19Cl2N5O. The van der Waals surface area contributed by atoms with Crippen molar-refractivity contribution in [3.05, 3.63) is 71.2 Å². The lowest BCUT2D eigenvalue weighted by molar-refractivity contribution is -0.115. The highest BCUT2D eigenvalue weighted by molar-refractivity contribution is 6.14. The molecule has 3 heterocycles. The molecule has 0 spiro atoms. The molecule has 4 rings (SSSR count). The molecule has 1 aliphatic rings. The molecule has 0 saturated heterocycles. The van der Waals surface area contributed by atoms with Gasteiger partial charge in [-0.25, -0.2) is 9.98 Å². The van der Waals surface area contributed by atoms with Gasteiger partial charge in [-0.05, 0) is 30.7 Å². The van der Waals surface area contributed by atoms with E-state index >= 15 is 0 Å². The number of aliphatic imine (C=N–C) groups is 1. The Kier molecular flexibility index (Phi) is 6.60. The van der Waals surface area contributed by atoms with Crippen molar-refractivity contribution < 1.29 is 4.79 Å². The van der Waals surface area contributed by atoms with E-state index in [1.807, 2.05) is 18.3 Å². The van der Waals surface area contributed by atoms with Crippen molar-refractivity contribution in [1.29, 1.82) is 0 Å². The van der Waals surface area contributed by atoms with Gasteiger partial charge in [0.05, 0.1) is 0 Å². The summed E-state index contributed by atoms with van der Waals surface area (Å²) in [7, 11) is 0. The molecule has 140 valence electrons. The van der Waals surface area contributed by atoms with E-state index in [-0.39, 0.29) is 30.7 Å². The Bertz CT molecular complexity index is 1010. The van der Waals surface area contributed by atoms with Crippen LogP contribution in [-0.4, -0.2) is 21.8 Å². The van der Waals surface area contributed by atoms with E-state index in [4.69, 9.17) is 0 Å². The van der Waals surface area contributed by atoms with Crippen molar-refractivity contribution in [2.24, 2.45) is 4.99 Å². The van der Waals surface area contributed by atoms with E-state index in [2.05, 4.69) is 56.8 Å². The van der Waals surface area contributed by atoms with Gasteiger partial charge in [-0.3, -0.25) is 10.1 Å². The van der Waals surface area contributed by atoms with Gasteiger partial charge in [0.15, 0.2) is 0 Å². The molecule has 6 nitrogen and oxygen atoms in total. The summed E-state index contributed by atoms with van der Waals surface area (Å²) in [5.74, 6) is 0.249. The molecule has 0 fully saturated rings. The number of pyridine rings is 1. The first-order valence-electron chi connectivity index (χ1n) is 8.02. The van der Waals surface area contributed by atoms with Crippen LogP contribution in [-0.2, 0) is 11.3 Å². The van der Waals surface area contributed by atoms with Crippen LogP contribution < -0.4 is 10.6 Å². The summed E-state index contributed by atoms with van der Waals surface area (Å²) >= 11 is 0. The maximum atomic E-state index is 12.1. The minimum absolute atomic E-state index is 0. The molecule has 0 radical (unpaired) electrons. The number of aryl methyl sites for hydroxylation is 1. The summed E-state index contributed by atoms with van der Waals surface area (Å²) in [5, 5.41) is 6.86. The standard InChI is InChI=1S/C19H17N5O.2ClH/c1-12-4-6-13(7-5-12)10-22-19-23-16(18(25)24-19)9-14-11-21-17-15(14)3-2-8-20-17;;/h2-9,11H,10H2,1H3,(H,20,21)(H2,22,23,24,25);2*1H. The molecule has 27 heavy (non-hydrogen) atoms. The van der Waals surface area contributed by atoms with Crippen LogP contribution in [0, 0.1) is 6.92 Å². The van der Waals surface area contributed by atoms with Gasteiger partial charge in [-0.15, -0.1) is 24.8 Å². The summed E-state index contributed by atoms with van der Waals surface area (Å²) in [4.78, 5) is 23.8. The number of aromatic amines is 1. The van der Waals surface area contributed by atoms with Gasteiger partial charge in [-0.2, -0.15) is 0 Å². The minimum Gasteiger partial charge on any atom is -0.352 e. The monoisotopic (exact) mass is 403 g/mol. The van der Waals surface area contributed by atoms with Gasteiger partial charge < -0.3 is 10.3 Å². The molecular weight excluding hydrogens is 385 g/mol. The van der Waals surface area contributed by atoms with Crippen LogP contribution in [0.1, 0.15) is 16.7 Å². The minimum atomic E-state index is -0.218. The highest BCUT2D eigenvalue weighted by atomic mass is 35.5. The highest BCUT2D eigenvalue weighted by Crippen LogP contribution is 2.20. The van der Waals surface area contributed by atoms with E-state index < -0.39 is 0 Å². The molecule has 0 bridgehead atoms. The highest BCUT2D eigenvalue weighted by Gasteiger charge is 2.20. The van der Waals surface area contributed by atoms with Gasteiger partial charge in [-0.1, -0.05) is 29.8 Å². The predicted octanol–water partition coefficient (Wildman–Crippen LogP) is 3.33. The number of amides is 1. The summed E-state index contributed by atoms with van der Waals surface area (Å²) < 4.78 is 0. The first-order valence-corrected chi connectivity index (χ1v) is 8.02. The van der Waals surface area contributed by atoms with E-state index in [0.29, 0.717) is 18.2 Å². The van der Waals surface area contributed by atoms with Crippen LogP contribution in [0.2, 0.25) is 0 Å². The number of fused-ring (bicyclic) bond motifs is 1. The van der Waals surface area contributed by atoms with Crippen LogP contribution in [0.5, 0.6) is 0 Å². The third-order valence-corrected chi connectivity index (χ3v) is 4.05. The quantitative estimate of drug-likeness (QED) is 0.586. The van der Waals surface area contributed by atoms with Crippen LogP contribution >= 0.6 is 24.8 Å². The van der Waals surface area contributed by atoms with Gasteiger partial charge in [0.2, 0.25) is 5.96 Å². The SMILES string of the molecule is Cc1ccc(CNC2=NC(=Cc3c[nH]c4ncccc34)C(=O)N2)cc1.Cl.Cl. The number of guanidine groups is 1. The van der Waals surface area contributed by atoms with E-state index in [1.54, 1.807) is 12.3 Å². The molecule has 0 aliphatic carbocycles. The van der Waals surface area contributed by atoms with Crippen LogP contribution in [0.15, 0.2) is 59.5 Å². The van der Waals surface area contributed by atoms with Gasteiger partial charge in [0.1, 0.15) is 11.3 Å². The Hall–Kier alpha value is -2.83. The summed E-state index contributed by atoms with van der Waals surface area (Å²) in [6.45, 7) is 2.65. The second-order valence-electron chi connectivity index (χ2n) is 5.93. The van der Waals surface area contributed by atoms with Gasteiger partial charge >= 0.3 is 0 Å². The maximum absolute atomic E-state index is 12.1. The average molecular weight is 404 g/mol. The Morgan fingerprint density at radius 3 is 2.70 bits per heavy atom. The zero-order valence-corrected chi connectivity index (χ0v) is 16.2. The second kappa shape index (κ2) is 8.70. The number of halogens is 2. The molecule has 0 unspecified atom stereocenters. The maximum Gasteiger partial charge on any atom is 0.276 e. The zero-order chi connectivity index (χ0) is 17.2. The molecule has 8 heteroatoms. The molecule has 3 aromatic rings. The molecule has 1 aromatic carbocycles. The first kappa shape index (κ1) is 20.5. The topological polar surface area (TPSA) is 82.2 Å². The van der Waals surface area contributed by atoms with Crippen molar-refractivity contribution >= 4 is 53.8 Å². The number of H-pyrrole nitrogens is 1. The van der Waals surface area contributed by atoms with Crippen LogP contribution in [0.4, 0.5) is 0 Å². The molecule has 3 N–H and O–H groups in total. The van der Waals surface area contributed by atoms with Crippen LogP contribution in [0.3, 0.4) is 0 Å². The fourth-order valence-corrected chi connectivity index (χ4v) is 2.69. The summed E-state index contributed by atoms with van der Waals surface area (Å²) in [6, 6.07) is 12.0. The second-order valence-corrected chi connectivity index (χ2v) is 5.93. The summed E-state index contributed by atoms with van der Waals surface area (Å²) in [6.07, 6.45) is 5.31. The Morgan fingerprint density at radius 2 is 1.93 bits per heavy atom. The van der Waals surface area contributed by atoms with Crippen molar-refractivity contribution in [2.45, 2.75) is 13.5 Å². The van der Waals surface area contributed by atoms with Gasteiger partial charge in [0.25, 0.3) is 5.91 Å². The van der Waals surface area contributed by atoms with Gasteiger partial charge in [0, 0.05) is 29.9 Å². The third kappa shape index (κ3) is 4.48.